The van der Waals surface area contributed by atoms with Gasteiger partial charge in [0.1, 0.15) is 0 Å². The Labute approximate surface area is 184 Å². The molecule has 0 aromatic rings. The average molecular weight is 491 g/mol. The molecular weight excluding hydrogens is 474 g/mol. The van der Waals surface area contributed by atoms with Crippen LogP contribution in [0.25, 0.3) is 0 Å². The van der Waals surface area contributed by atoms with Gasteiger partial charge in [0.2, 0.25) is 7.59 Å². The molecule has 12 heteroatoms. The normalized spacial score (nSPS) is 15.4. The second-order valence-corrected chi connectivity index (χ2v) is 10.4. The minimum absolute atomic E-state index is 0.154. The Kier molecular flexibility index (Phi) is 13.3. The molecule has 1 aliphatic rings. The van der Waals surface area contributed by atoms with Gasteiger partial charge in [-0.15, -0.1) is 0 Å². The molecule has 0 unspecified atom stereocenters. The summed E-state index contributed by atoms with van der Waals surface area (Å²) in [5.74, 6) is 0.177. The number of hydrogen-bond acceptors (Lipinski definition) is 5. The summed E-state index contributed by atoms with van der Waals surface area (Å²) in [5.41, 5.74) is 1.89. The number of carbonyl (C=O) groups is 1. The van der Waals surface area contributed by atoms with Crippen molar-refractivity contribution in [1.29, 1.82) is 0 Å². The number of thiol groups is 1. The van der Waals surface area contributed by atoms with Gasteiger partial charge >= 0.3 is 24.8 Å². The Morgan fingerprint density at radius 1 is 1.12 bits per heavy atom. The molecule has 1 rings (SSSR count). The third-order valence-corrected chi connectivity index (χ3v) is 3.80. The Morgan fingerprint density at radius 2 is 1.56 bits per heavy atom. The van der Waals surface area contributed by atoms with Crippen molar-refractivity contribution < 1.29 is 14.3 Å². The molecule has 0 N–H and O–H groups in total. The first-order chi connectivity index (χ1) is 11.4. The van der Waals surface area contributed by atoms with Crippen molar-refractivity contribution in [2.45, 2.75) is 46.5 Å². The number of Topliss-reactive ketones (excluding diaryl/α,β-unsaturated/α-hetero) is 1. The maximum atomic E-state index is 11.5. The SMILES string of the molecule is CC1=C(CCC(OCC(Cl)(Cl)Cl)OCC(Cl)(Cl)Cl)CCC1=O.[B]=NS. The second kappa shape index (κ2) is 12.7. The van der Waals surface area contributed by atoms with Crippen molar-refractivity contribution in [3.05, 3.63) is 11.1 Å². The van der Waals surface area contributed by atoms with Gasteiger partial charge in [-0.3, -0.25) is 4.79 Å². The topological polar surface area (TPSA) is 47.9 Å². The van der Waals surface area contributed by atoms with Crippen LogP contribution in [0.2, 0.25) is 0 Å². The minimum atomic E-state index is -1.56. The van der Waals surface area contributed by atoms with E-state index in [1.54, 1.807) is 0 Å². The summed E-state index contributed by atoms with van der Waals surface area (Å²) >= 11 is 37.1. The van der Waals surface area contributed by atoms with Gasteiger partial charge in [-0.25, -0.2) is 0 Å². The first-order valence-corrected chi connectivity index (χ1v) is 9.69. The van der Waals surface area contributed by atoms with E-state index in [9.17, 15) is 4.79 Å². The number of alkyl halides is 6. The summed E-state index contributed by atoms with van der Waals surface area (Å²) in [6, 6.07) is 0. The van der Waals surface area contributed by atoms with Crippen LogP contribution in [0.15, 0.2) is 15.4 Å². The molecule has 0 atom stereocenters. The molecule has 0 bridgehead atoms. The number of nitrogens with zero attached hydrogens (tertiary/aromatic N) is 1. The Hall–Kier alpha value is 1.28. The number of rotatable bonds is 7. The quantitative estimate of drug-likeness (QED) is 0.215. The third-order valence-electron chi connectivity index (χ3n) is 3.15. The molecule has 143 valence electrons. The van der Waals surface area contributed by atoms with E-state index in [1.807, 2.05) is 6.92 Å². The van der Waals surface area contributed by atoms with Crippen LogP contribution in [0.4, 0.5) is 0 Å². The molecule has 0 spiro atoms. The molecule has 0 aromatic carbocycles. The molecule has 0 saturated heterocycles. The molecule has 0 amide bonds. The summed E-state index contributed by atoms with van der Waals surface area (Å²) in [5, 5.41) is 0. The van der Waals surface area contributed by atoms with Gasteiger partial charge in [-0.2, -0.15) is 0 Å². The van der Waals surface area contributed by atoms with Crippen molar-refractivity contribution in [3.8, 4) is 0 Å². The van der Waals surface area contributed by atoms with Crippen LogP contribution >= 0.6 is 82.4 Å². The summed E-state index contributed by atoms with van der Waals surface area (Å²) in [4.78, 5) is 11.5. The zero-order valence-electron chi connectivity index (χ0n) is 13.3. The number of ether oxygens (including phenoxy) is 2. The molecule has 0 fully saturated rings. The standard InChI is InChI=1S/C13H16Cl6O3.BHNS/c1-8-9(2-4-10(8)20)3-5-11(21-6-12(14,15)16)22-7-13(17,18)19;1-2-3/h11H,2-7H2,1H3;3H. The predicted molar refractivity (Wildman–Crippen MR) is 110 cm³/mol. The molecule has 0 aliphatic heterocycles. The molecule has 0 saturated carbocycles. The van der Waals surface area contributed by atoms with Gasteiger partial charge < -0.3 is 9.47 Å². The van der Waals surface area contributed by atoms with Crippen molar-refractivity contribution in [3.63, 3.8) is 0 Å². The Bertz CT molecular complexity index is 463. The summed E-state index contributed by atoms with van der Waals surface area (Å²) < 4.78 is 10.4. The molecule has 25 heavy (non-hydrogen) atoms. The fraction of sp³-hybridized carbons (Fsp3) is 0.769. The van der Waals surface area contributed by atoms with E-state index in [0.717, 1.165) is 17.6 Å². The van der Waals surface area contributed by atoms with Crippen molar-refractivity contribution in [2.75, 3.05) is 13.2 Å². The van der Waals surface area contributed by atoms with E-state index in [2.05, 4.69) is 24.8 Å². The first kappa shape index (κ1) is 26.3. The van der Waals surface area contributed by atoms with Crippen molar-refractivity contribution in [2.24, 2.45) is 4.30 Å². The van der Waals surface area contributed by atoms with Crippen LogP contribution < -0.4 is 0 Å². The third kappa shape index (κ3) is 14.0. The van der Waals surface area contributed by atoms with Crippen LogP contribution in [0.5, 0.6) is 0 Å². The molecule has 1 aliphatic carbocycles. The molecular formula is C13H17BCl6NO3S. The van der Waals surface area contributed by atoms with Gasteiger partial charge in [0.25, 0.3) is 0 Å². The van der Waals surface area contributed by atoms with Crippen LogP contribution in [0.1, 0.15) is 32.6 Å². The first-order valence-electron chi connectivity index (χ1n) is 7.02. The van der Waals surface area contributed by atoms with Gasteiger partial charge in [0.15, 0.2) is 12.1 Å². The maximum absolute atomic E-state index is 11.5. The van der Waals surface area contributed by atoms with Crippen LogP contribution in [-0.4, -0.2) is 40.5 Å². The van der Waals surface area contributed by atoms with Crippen LogP contribution in [-0.2, 0) is 14.3 Å². The predicted octanol–water partition coefficient (Wildman–Crippen LogP) is 5.73. The number of ketones is 1. The van der Waals surface area contributed by atoms with E-state index in [4.69, 9.17) is 79.1 Å². The van der Waals surface area contributed by atoms with E-state index in [-0.39, 0.29) is 19.0 Å². The van der Waals surface area contributed by atoms with Gasteiger partial charge in [-0.1, -0.05) is 75.2 Å². The van der Waals surface area contributed by atoms with Crippen LogP contribution in [0, 0.1) is 0 Å². The number of hydrogen-bond donors (Lipinski definition) is 1. The average Bonchev–Trinajstić information content (AvgIpc) is 2.77. The van der Waals surface area contributed by atoms with E-state index in [1.165, 1.54) is 0 Å². The van der Waals surface area contributed by atoms with Crippen molar-refractivity contribution in [1.82, 2.24) is 0 Å². The summed E-state index contributed by atoms with van der Waals surface area (Å²) in [7, 11) is 4.34. The zero-order valence-corrected chi connectivity index (χ0v) is 18.7. The second-order valence-electron chi connectivity index (χ2n) is 5.09. The molecule has 1 radical (unpaired) electrons. The summed E-state index contributed by atoms with van der Waals surface area (Å²) in [6.07, 6.45) is 1.73. The monoisotopic (exact) mass is 488 g/mol. The number of allylic oxidation sites excluding steroid dienone is 2. The number of carbonyl (C=O) groups excluding carboxylic acids is 1. The zero-order chi connectivity index (χ0) is 19.7. The van der Waals surface area contributed by atoms with E-state index >= 15 is 0 Å². The van der Waals surface area contributed by atoms with E-state index in [0.29, 0.717) is 19.3 Å². The number of halogens is 6. The van der Waals surface area contributed by atoms with Crippen LogP contribution in [0.3, 0.4) is 0 Å². The Morgan fingerprint density at radius 3 is 1.88 bits per heavy atom. The van der Waals surface area contributed by atoms with Gasteiger partial charge in [0, 0.05) is 12.8 Å². The molecule has 0 heterocycles. The molecule has 0 aromatic heterocycles. The molecule has 4 nitrogen and oxygen atoms in total. The van der Waals surface area contributed by atoms with Gasteiger partial charge in [-0.05, 0) is 25.3 Å². The van der Waals surface area contributed by atoms with Crippen molar-refractivity contribution >= 4 is 95.8 Å². The Balaban J connectivity index is 0.00000178. The van der Waals surface area contributed by atoms with Gasteiger partial charge in [0.05, 0.1) is 13.2 Å². The fourth-order valence-corrected chi connectivity index (χ4v) is 2.41. The van der Waals surface area contributed by atoms with E-state index < -0.39 is 13.9 Å². The summed E-state index contributed by atoms with van der Waals surface area (Å²) in [6.45, 7) is 1.52. The fourth-order valence-electron chi connectivity index (χ4n) is 2.03.